The van der Waals surface area contributed by atoms with Crippen LogP contribution in [0, 0.1) is 20.9 Å². The molecule has 126 valence electrons. The lowest BCUT2D eigenvalue weighted by atomic mass is 9.65. The Kier molecular flexibility index (Phi) is 4.42. The Morgan fingerprint density at radius 1 is 1.09 bits per heavy atom. The highest BCUT2D eigenvalue weighted by Crippen LogP contribution is 2.50. The van der Waals surface area contributed by atoms with Crippen molar-refractivity contribution in [2.75, 3.05) is 14.2 Å². The number of methoxy groups -OCH3 is 2. The van der Waals surface area contributed by atoms with E-state index in [2.05, 4.69) is 33.8 Å². The van der Waals surface area contributed by atoms with Crippen molar-refractivity contribution < 1.29 is 14.4 Å². The second kappa shape index (κ2) is 5.87. The van der Waals surface area contributed by atoms with E-state index >= 15 is 0 Å². The van der Waals surface area contributed by atoms with E-state index in [1.165, 1.54) is 20.3 Å². The van der Waals surface area contributed by atoms with Crippen molar-refractivity contribution in [1.29, 1.82) is 0 Å². The summed E-state index contributed by atoms with van der Waals surface area (Å²) in [4.78, 5) is 11.2. The summed E-state index contributed by atoms with van der Waals surface area (Å²) >= 11 is 0. The highest BCUT2D eigenvalue weighted by Gasteiger charge is 2.35. The van der Waals surface area contributed by atoms with Crippen LogP contribution < -0.4 is 9.47 Å². The SMILES string of the molecule is COc1cc(C2=CC(C)(C)CC(C)(C)C2)c([N+](=O)[O-])cc1OC. The predicted molar refractivity (Wildman–Crippen MR) is 91.0 cm³/mol. The van der Waals surface area contributed by atoms with Crippen LogP contribution in [0.1, 0.15) is 46.1 Å². The lowest BCUT2D eigenvalue weighted by Crippen LogP contribution is -2.26. The Balaban J connectivity index is 2.66. The van der Waals surface area contributed by atoms with E-state index in [1.54, 1.807) is 6.07 Å². The van der Waals surface area contributed by atoms with Crippen LogP contribution in [-0.4, -0.2) is 19.1 Å². The van der Waals surface area contributed by atoms with Gasteiger partial charge in [-0.1, -0.05) is 33.8 Å². The molecule has 23 heavy (non-hydrogen) atoms. The summed E-state index contributed by atoms with van der Waals surface area (Å²) in [6.45, 7) is 8.74. The molecule has 0 atom stereocenters. The summed E-state index contributed by atoms with van der Waals surface area (Å²) in [6, 6.07) is 3.17. The first-order valence-electron chi connectivity index (χ1n) is 7.71. The van der Waals surface area contributed by atoms with E-state index in [1.807, 2.05) is 0 Å². The van der Waals surface area contributed by atoms with Crippen LogP contribution in [0.15, 0.2) is 18.2 Å². The largest absolute Gasteiger partial charge is 0.493 e. The van der Waals surface area contributed by atoms with Gasteiger partial charge in [-0.2, -0.15) is 0 Å². The number of nitro groups is 1. The molecule has 1 aliphatic rings. The Morgan fingerprint density at radius 3 is 2.13 bits per heavy atom. The fourth-order valence-electron chi connectivity index (χ4n) is 3.83. The number of nitrogens with zero attached hydrogens (tertiary/aromatic N) is 1. The van der Waals surface area contributed by atoms with Crippen molar-refractivity contribution in [1.82, 2.24) is 0 Å². The summed E-state index contributed by atoms with van der Waals surface area (Å²) in [5.74, 6) is 0.882. The van der Waals surface area contributed by atoms with Gasteiger partial charge in [-0.25, -0.2) is 0 Å². The second-order valence-electron chi connectivity index (χ2n) is 7.66. The molecule has 0 unspecified atom stereocenters. The second-order valence-corrected chi connectivity index (χ2v) is 7.66. The third kappa shape index (κ3) is 3.66. The smallest absolute Gasteiger partial charge is 0.280 e. The van der Waals surface area contributed by atoms with Crippen LogP contribution >= 0.6 is 0 Å². The average Bonchev–Trinajstić information content (AvgIpc) is 2.42. The van der Waals surface area contributed by atoms with Crippen LogP contribution in [0.25, 0.3) is 5.57 Å². The summed E-state index contributed by atoms with van der Waals surface area (Å²) in [6.07, 6.45) is 4.00. The van der Waals surface area contributed by atoms with Crippen LogP contribution in [0.3, 0.4) is 0 Å². The first-order chi connectivity index (χ1) is 10.6. The zero-order valence-electron chi connectivity index (χ0n) is 14.7. The summed E-state index contributed by atoms with van der Waals surface area (Å²) in [5, 5.41) is 11.5. The first-order valence-corrected chi connectivity index (χ1v) is 7.71. The number of hydrogen-bond donors (Lipinski definition) is 0. The highest BCUT2D eigenvalue weighted by molar-refractivity contribution is 5.77. The molecule has 0 heterocycles. The first kappa shape index (κ1) is 17.3. The van der Waals surface area contributed by atoms with E-state index in [4.69, 9.17) is 9.47 Å². The van der Waals surface area contributed by atoms with Crippen molar-refractivity contribution >= 4 is 11.3 Å². The molecular formula is C18H25NO4. The molecule has 0 aliphatic heterocycles. The molecule has 0 bridgehead atoms. The maximum Gasteiger partial charge on any atom is 0.280 e. The maximum absolute atomic E-state index is 11.5. The van der Waals surface area contributed by atoms with Gasteiger partial charge in [-0.3, -0.25) is 10.1 Å². The van der Waals surface area contributed by atoms with Crippen LogP contribution in [0.2, 0.25) is 0 Å². The minimum absolute atomic E-state index is 0.00187. The Labute approximate surface area is 137 Å². The lowest BCUT2D eigenvalue weighted by molar-refractivity contribution is -0.385. The molecule has 1 aromatic rings. The van der Waals surface area contributed by atoms with E-state index in [9.17, 15) is 10.1 Å². The number of hydrogen-bond acceptors (Lipinski definition) is 4. The minimum Gasteiger partial charge on any atom is -0.493 e. The van der Waals surface area contributed by atoms with Gasteiger partial charge >= 0.3 is 0 Å². The van der Waals surface area contributed by atoms with Gasteiger partial charge in [-0.05, 0) is 35.3 Å². The third-order valence-corrected chi connectivity index (χ3v) is 4.21. The summed E-state index contributed by atoms with van der Waals surface area (Å²) in [5.41, 5.74) is 1.77. The molecule has 0 fully saturated rings. The predicted octanol–water partition coefficient (Wildman–Crippen LogP) is 4.84. The molecule has 1 aromatic carbocycles. The highest BCUT2D eigenvalue weighted by atomic mass is 16.6. The van der Waals surface area contributed by atoms with E-state index in [0.717, 1.165) is 18.4 Å². The number of rotatable bonds is 4. The zero-order valence-corrected chi connectivity index (χ0v) is 14.7. The fourth-order valence-corrected chi connectivity index (χ4v) is 3.83. The van der Waals surface area contributed by atoms with Crippen LogP contribution in [0.4, 0.5) is 5.69 Å². The molecule has 0 amide bonds. The van der Waals surface area contributed by atoms with Crippen molar-refractivity contribution in [3.63, 3.8) is 0 Å². The van der Waals surface area contributed by atoms with E-state index < -0.39 is 0 Å². The van der Waals surface area contributed by atoms with Gasteiger partial charge in [0.05, 0.1) is 30.8 Å². The molecule has 2 rings (SSSR count). The molecule has 0 radical (unpaired) electrons. The summed E-state index contributed by atoms with van der Waals surface area (Å²) < 4.78 is 10.5. The van der Waals surface area contributed by atoms with Gasteiger partial charge in [0.2, 0.25) is 0 Å². The summed E-state index contributed by atoms with van der Waals surface area (Å²) in [7, 11) is 3.02. The molecule has 0 saturated carbocycles. The maximum atomic E-state index is 11.5. The standard InChI is InChI=1S/C18H25NO4/c1-17(2)9-12(10-18(3,4)11-17)13-7-15(22-5)16(23-6)8-14(13)19(20)21/h7-9H,10-11H2,1-6H3. The Morgan fingerprint density at radius 2 is 1.65 bits per heavy atom. The monoisotopic (exact) mass is 319 g/mol. The lowest BCUT2D eigenvalue weighted by Gasteiger charge is -2.39. The Bertz CT molecular complexity index is 659. The van der Waals surface area contributed by atoms with Crippen molar-refractivity contribution in [3.8, 4) is 11.5 Å². The Hall–Kier alpha value is -2.04. The van der Waals surface area contributed by atoms with Crippen molar-refractivity contribution in [3.05, 3.63) is 33.9 Å². The topological polar surface area (TPSA) is 61.6 Å². The number of benzene rings is 1. The molecule has 5 heteroatoms. The van der Waals surface area contributed by atoms with Crippen molar-refractivity contribution in [2.24, 2.45) is 10.8 Å². The zero-order chi connectivity index (χ0) is 17.4. The third-order valence-electron chi connectivity index (χ3n) is 4.21. The number of allylic oxidation sites excluding steroid dienone is 2. The molecule has 0 aromatic heterocycles. The van der Waals surface area contributed by atoms with Crippen LogP contribution in [0.5, 0.6) is 11.5 Å². The number of ether oxygens (including phenoxy) is 2. The molecule has 5 nitrogen and oxygen atoms in total. The normalized spacial score (nSPS) is 19.0. The van der Waals surface area contributed by atoms with E-state index in [-0.39, 0.29) is 21.4 Å². The van der Waals surface area contributed by atoms with Gasteiger partial charge in [0, 0.05) is 0 Å². The molecular weight excluding hydrogens is 294 g/mol. The van der Waals surface area contributed by atoms with Gasteiger partial charge in [0.25, 0.3) is 5.69 Å². The van der Waals surface area contributed by atoms with Gasteiger partial charge in [0.15, 0.2) is 11.5 Å². The minimum atomic E-state index is -0.354. The average molecular weight is 319 g/mol. The van der Waals surface area contributed by atoms with Gasteiger partial charge in [-0.15, -0.1) is 0 Å². The molecule has 0 N–H and O–H groups in total. The van der Waals surface area contributed by atoms with Crippen molar-refractivity contribution in [2.45, 2.75) is 40.5 Å². The van der Waals surface area contributed by atoms with Crippen LogP contribution in [-0.2, 0) is 0 Å². The van der Waals surface area contributed by atoms with Gasteiger partial charge < -0.3 is 9.47 Å². The van der Waals surface area contributed by atoms with E-state index in [0.29, 0.717) is 17.1 Å². The number of nitro benzene ring substituents is 1. The molecule has 1 aliphatic carbocycles. The molecule has 0 spiro atoms. The molecule has 0 saturated heterocycles. The van der Waals surface area contributed by atoms with Gasteiger partial charge in [0.1, 0.15) is 0 Å². The quantitative estimate of drug-likeness (QED) is 0.588. The fraction of sp³-hybridized carbons (Fsp3) is 0.556.